The van der Waals surface area contributed by atoms with Crippen molar-refractivity contribution in [3.63, 3.8) is 0 Å². The Hall–Kier alpha value is -0.750. The SMILES string of the molecule is CCNC(=O)[C@H](C)NC(=O)[C@@H](NSC)C(C)C. The highest BCUT2D eigenvalue weighted by Gasteiger charge is 2.24. The summed E-state index contributed by atoms with van der Waals surface area (Å²) in [6, 6.07) is -0.797. The van der Waals surface area contributed by atoms with Gasteiger partial charge in [-0.1, -0.05) is 25.8 Å². The van der Waals surface area contributed by atoms with Crippen LogP contribution in [0.4, 0.5) is 0 Å². The summed E-state index contributed by atoms with van der Waals surface area (Å²) >= 11 is 1.40. The van der Waals surface area contributed by atoms with Crippen molar-refractivity contribution in [2.75, 3.05) is 12.8 Å². The maximum Gasteiger partial charge on any atom is 0.242 e. The van der Waals surface area contributed by atoms with Crippen LogP contribution < -0.4 is 15.4 Å². The van der Waals surface area contributed by atoms with Crippen LogP contribution in [0.15, 0.2) is 0 Å². The molecule has 5 nitrogen and oxygen atoms in total. The Morgan fingerprint density at radius 2 is 1.76 bits per heavy atom. The average Bonchev–Trinajstić information content (AvgIpc) is 2.25. The Balaban J connectivity index is 4.34. The molecule has 2 amide bonds. The predicted octanol–water partition coefficient (Wildman–Crippen LogP) is 0.519. The molecule has 100 valence electrons. The van der Waals surface area contributed by atoms with Gasteiger partial charge in [-0.2, -0.15) is 0 Å². The summed E-state index contributed by atoms with van der Waals surface area (Å²) < 4.78 is 3.03. The minimum absolute atomic E-state index is 0.145. The van der Waals surface area contributed by atoms with Crippen LogP contribution in [0, 0.1) is 5.92 Å². The third kappa shape index (κ3) is 5.93. The van der Waals surface area contributed by atoms with Crippen LogP contribution in [0.25, 0.3) is 0 Å². The first-order valence-corrected chi connectivity index (χ1v) is 7.03. The van der Waals surface area contributed by atoms with Crippen LogP contribution in [0.3, 0.4) is 0 Å². The van der Waals surface area contributed by atoms with Gasteiger partial charge in [0.05, 0.1) is 6.04 Å². The molecule has 0 aliphatic carbocycles. The summed E-state index contributed by atoms with van der Waals surface area (Å²) in [5.74, 6) is -0.135. The normalized spacial score (nSPS) is 14.2. The predicted molar refractivity (Wildman–Crippen MR) is 71.6 cm³/mol. The quantitative estimate of drug-likeness (QED) is 0.584. The fraction of sp³-hybridized carbons (Fsp3) is 0.818. The largest absolute Gasteiger partial charge is 0.355 e. The summed E-state index contributed by atoms with van der Waals surface area (Å²) in [4.78, 5) is 23.4. The molecule has 2 atom stereocenters. The second-order valence-electron chi connectivity index (χ2n) is 4.17. The Bertz CT molecular complexity index is 259. The van der Waals surface area contributed by atoms with E-state index in [1.54, 1.807) is 6.92 Å². The smallest absolute Gasteiger partial charge is 0.242 e. The minimum atomic E-state index is -0.507. The van der Waals surface area contributed by atoms with Gasteiger partial charge in [-0.05, 0) is 26.0 Å². The molecule has 0 saturated heterocycles. The highest BCUT2D eigenvalue weighted by Crippen LogP contribution is 2.05. The van der Waals surface area contributed by atoms with Gasteiger partial charge >= 0.3 is 0 Å². The molecule has 0 heterocycles. The topological polar surface area (TPSA) is 70.2 Å². The summed E-state index contributed by atoms with van der Waals surface area (Å²) in [6.07, 6.45) is 1.87. The molecular formula is C11H23N3O2S. The van der Waals surface area contributed by atoms with Crippen molar-refractivity contribution in [3.05, 3.63) is 0 Å². The monoisotopic (exact) mass is 261 g/mol. The van der Waals surface area contributed by atoms with Crippen molar-refractivity contribution >= 4 is 23.8 Å². The van der Waals surface area contributed by atoms with Gasteiger partial charge in [0.15, 0.2) is 0 Å². The second-order valence-corrected chi connectivity index (χ2v) is 4.81. The van der Waals surface area contributed by atoms with E-state index in [0.29, 0.717) is 6.54 Å². The Morgan fingerprint density at radius 3 is 2.18 bits per heavy atom. The van der Waals surface area contributed by atoms with Gasteiger partial charge in [0, 0.05) is 6.54 Å². The molecule has 0 aromatic rings. The lowest BCUT2D eigenvalue weighted by Crippen LogP contribution is -2.52. The van der Waals surface area contributed by atoms with Crippen LogP contribution in [-0.2, 0) is 9.59 Å². The lowest BCUT2D eigenvalue weighted by Gasteiger charge is -2.22. The molecule has 0 bridgehead atoms. The zero-order valence-electron chi connectivity index (χ0n) is 11.2. The molecule has 0 spiro atoms. The molecule has 0 unspecified atom stereocenters. The zero-order chi connectivity index (χ0) is 13.4. The number of carbonyl (C=O) groups excluding carboxylic acids is 2. The van der Waals surface area contributed by atoms with Gasteiger partial charge in [0.1, 0.15) is 6.04 Å². The molecule has 0 fully saturated rings. The van der Waals surface area contributed by atoms with Crippen LogP contribution in [0.2, 0.25) is 0 Å². The van der Waals surface area contributed by atoms with Crippen molar-refractivity contribution in [2.24, 2.45) is 5.92 Å². The van der Waals surface area contributed by atoms with E-state index >= 15 is 0 Å². The van der Waals surface area contributed by atoms with Gasteiger partial charge < -0.3 is 10.6 Å². The van der Waals surface area contributed by atoms with Crippen molar-refractivity contribution in [2.45, 2.75) is 39.8 Å². The summed E-state index contributed by atoms with van der Waals surface area (Å²) in [7, 11) is 0. The molecule has 0 aromatic heterocycles. The van der Waals surface area contributed by atoms with Crippen LogP contribution in [-0.4, -0.2) is 36.7 Å². The second kappa shape index (κ2) is 8.36. The first-order chi connectivity index (χ1) is 7.93. The van der Waals surface area contributed by atoms with E-state index in [1.165, 1.54) is 11.9 Å². The highest BCUT2D eigenvalue weighted by atomic mass is 32.2. The Morgan fingerprint density at radius 1 is 1.18 bits per heavy atom. The zero-order valence-corrected chi connectivity index (χ0v) is 12.0. The Kier molecular flexibility index (Phi) is 7.99. The van der Waals surface area contributed by atoms with E-state index in [2.05, 4.69) is 15.4 Å². The van der Waals surface area contributed by atoms with E-state index in [1.807, 2.05) is 27.0 Å². The van der Waals surface area contributed by atoms with Crippen molar-refractivity contribution in [3.8, 4) is 0 Å². The standard InChI is InChI=1S/C11H23N3O2S/c1-6-12-10(15)8(4)13-11(16)9(7(2)3)14-17-5/h7-9,14H,6H2,1-5H3,(H,12,15)(H,13,16)/t8-,9-/m0/s1. The maximum atomic E-state index is 11.9. The summed E-state index contributed by atoms with van der Waals surface area (Å²) in [6.45, 7) is 8.02. The number of amides is 2. The number of hydrogen-bond donors (Lipinski definition) is 3. The van der Waals surface area contributed by atoms with Gasteiger partial charge in [0.2, 0.25) is 11.8 Å². The van der Waals surface area contributed by atoms with Crippen LogP contribution in [0.1, 0.15) is 27.7 Å². The van der Waals surface area contributed by atoms with Crippen LogP contribution >= 0.6 is 11.9 Å². The number of rotatable bonds is 7. The van der Waals surface area contributed by atoms with E-state index in [4.69, 9.17) is 0 Å². The molecule has 0 saturated carbocycles. The van der Waals surface area contributed by atoms with Gasteiger partial charge in [0.25, 0.3) is 0 Å². The Labute approximate surface area is 108 Å². The lowest BCUT2D eigenvalue weighted by molar-refractivity contribution is -0.129. The molecule has 17 heavy (non-hydrogen) atoms. The fourth-order valence-corrected chi connectivity index (χ4v) is 1.95. The van der Waals surface area contributed by atoms with E-state index < -0.39 is 6.04 Å². The number of carbonyl (C=O) groups is 2. The third-order valence-electron chi connectivity index (χ3n) is 2.30. The molecule has 0 radical (unpaired) electrons. The first kappa shape index (κ1) is 16.2. The van der Waals surface area contributed by atoms with Gasteiger partial charge in [-0.3, -0.25) is 14.3 Å². The fourth-order valence-electron chi connectivity index (χ4n) is 1.32. The molecular weight excluding hydrogens is 238 g/mol. The first-order valence-electron chi connectivity index (χ1n) is 5.80. The highest BCUT2D eigenvalue weighted by molar-refractivity contribution is 7.96. The molecule has 0 aliphatic rings. The molecule has 3 N–H and O–H groups in total. The molecule has 6 heteroatoms. The molecule has 0 aliphatic heterocycles. The number of hydrogen-bond acceptors (Lipinski definition) is 4. The molecule has 0 aromatic carbocycles. The summed E-state index contributed by atoms with van der Waals surface area (Å²) in [5, 5.41) is 5.38. The van der Waals surface area contributed by atoms with Gasteiger partial charge in [-0.15, -0.1) is 0 Å². The lowest BCUT2D eigenvalue weighted by atomic mass is 10.0. The van der Waals surface area contributed by atoms with Crippen molar-refractivity contribution in [1.29, 1.82) is 0 Å². The van der Waals surface area contributed by atoms with E-state index in [-0.39, 0.29) is 23.8 Å². The van der Waals surface area contributed by atoms with E-state index in [0.717, 1.165) is 0 Å². The van der Waals surface area contributed by atoms with Crippen LogP contribution in [0.5, 0.6) is 0 Å². The van der Waals surface area contributed by atoms with Crippen molar-refractivity contribution in [1.82, 2.24) is 15.4 Å². The maximum absolute atomic E-state index is 11.9. The third-order valence-corrected chi connectivity index (χ3v) is 2.79. The molecule has 0 rings (SSSR count). The summed E-state index contributed by atoms with van der Waals surface area (Å²) in [5.41, 5.74) is 0. The number of nitrogens with one attached hydrogen (secondary N) is 3. The number of likely N-dealkylation sites (N-methyl/N-ethyl adjacent to an activating group) is 1. The van der Waals surface area contributed by atoms with Gasteiger partial charge in [-0.25, -0.2) is 0 Å². The minimum Gasteiger partial charge on any atom is -0.355 e. The van der Waals surface area contributed by atoms with Crippen molar-refractivity contribution < 1.29 is 9.59 Å². The van der Waals surface area contributed by atoms with E-state index in [9.17, 15) is 9.59 Å². The average molecular weight is 261 g/mol.